The number of aromatic nitrogens is 1. The van der Waals surface area contributed by atoms with Crippen LogP contribution >= 0.6 is 11.6 Å². The average Bonchev–Trinajstić information content (AvgIpc) is 1.94. The summed E-state index contributed by atoms with van der Waals surface area (Å²) in [5.74, 6) is -0.577. The fourth-order valence-electron chi connectivity index (χ4n) is 1.08. The first kappa shape index (κ1) is 10.3. The Morgan fingerprint density at radius 1 is 1.46 bits per heavy atom. The van der Waals surface area contributed by atoms with Gasteiger partial charge in [-0.25, -0.2) is 9.37 Å². The number of halogens is 2. The first-order valence-corrected chi connectivity index (χ1v) is 4.32. The molecule has 0 aliphatic carbocycles. The molecule has 1 heterocycles. The lowest BCUT2D eigenvalue weighted by Gasteiger charge is -2.19. The number of hydrogen-bond acceptors (Lipinski definition) is 2. The summed E-state index contributed by atoms with van der Waals surface area (Å²) >= 11 is 5.55. The molecule has 0 saturated carbocycles. The van der Waals surface area contributed by atoms with Gasteiger partial charge in [-0.3, -0.25) is 0 Å². The molecule has 4 heteroatoms. The van der Waals surface area contributed by atoms with Crippen LogP contribution in [-0.4, -0.2) is 4.98 Å². The van der Waals surface area contributed by atoms with Crippen LogP contribution in [0.3, 0.4) is 0 Å². The molecule has 0 radical (unpaired) electrons. The van der Waals surface area contributed by atoms with Gasteiger partial charge in [0.15, 0.2) is 11.0 Å². The van der Waals surface area contributed by atoms with Crippen molar-refractivity contribution in [1.29, 1.82) is 0 Å². The van der Waals surface area contributed by atoms with Crippen LogP contribution in [0.15, 0.2) is 6.07 Å². The topological polar surface area (TPSA) is 38.9 Å². The van der Waals surface area contributed by atoms with Crippen LogP contribution in [0.1, 0.15) is 26.5 Å². The second-order valence-electron chi connectivity index (χ2n) is 3.95. The minimum absolute atomic E-state index is 0.126. The lowest BCUT2D eigenvalue weighted by molar-refractivity contribution is 0.561. The van der Waals surface area contributed by atoms with Crippen LogP contribution in [0.4, 0.5) is 10.1 Å². The molecule has 0 atom stereocenters. The zero-order chi connectivity index (χ0) is 10.2. The lowest BCUT2D eigenvalue weighted by Crippen LogP contribution is -2.16. The van der Waals surface area contributed by atoms with Gasteiger partial charge >= 0.3 is 0 Å². The Balaban J connectivity index is 3.32. The minimum Gasteiger partial charge on any atom is -0.397 e. The molecule has 0 spiro atoms. The van der Waals surface area contributed by atoms with E-state index in [1.54, 1.807) is 0 Å². The number of hydrogen-bond donors (Lipinski definition) is 1. The highest BCUT2D eigenvalue weighted by Gasteiger charge is 2.20. The van der Waals surface area contributed by atoms with E-state index in [0.29, 0.717) is 11.4 Å². The number of nitrogen functional groups attached to an aromatic ring is 1. The van der Waals surface area contributed by atoms with Crippen molar-refractivity contribution < 1.29 is 4.39 Å². The van der Waals surface area contributed by atoms with Crippen molar-refractivity contribution in [1.82, 2.24) is 4.98 Å². The summed E-state index contributed by atoms with van der Waals surface area (Å²) in [5.41, 5.74) is 6.36. The van der Waals surface area contributed by atoms with Gasteiger partial charge in [-0.1, -0.05) is 32.4 Å². The quantitative estimate of drug-likeness (QED) is 0.657. The molecule has 2 nitrogen and oxygen atoms in total. The third-order valence-electron chi connectivity index (χ3n) is 1.67. The van der Waals surface area contributed by atoms with Gasteiger partial charge in [-0.05, 0) is 0 Å². The predicted molar refractivity (Wildman–Crippen MR) is 52.3 cm³/mol. The van der Waals surface area contributed by atoms with Gasteiger partial charge in [0, 0.05) is 11.5 Å². The maximum Gasteiger partial charge on any atom is 0.165 e. The van der Waals surface area contributed by atoms with Gasteiger partial charge in [-0.2, -0.15) is 0 Å². The zero-order valence-corrected chi connectivity index (χ0v) is 8.61. The first-order valence-electron chi connectivity index (χ1n) is 3.94. The van der Waals surface area contributed by atoms with Gasteiger partial charge < -0.3 is 5.73 Å². The van der Waals surface area contributed by atoms with Gasteiger partial charge in [0.25, 0.3) is 0 Å². The second kappa shape index (κ2) is 3.14. The van der Waals surface area contributed by atoms with Crippen molar-refractivity contribution in [2.75, 3.05) is 5.73 Å². The molecule has 13 heavy (non-hydrogen) atoms. The maximum atomic E-state index is 12.9. The molecule has 0 aliphatic heterocycles. The van der Waals surface area contributed by atoms with E-state index in [-0.39, 0.29) is 10.6 Å². The summed E-state index contributed by atoms with van der Waals surface area (Å²) in [7, 11) is 0. The summed E-state index contributed by atoms with van der Waals surface area (Å²) < 4.78 is 12.9. The summed E-state index contributed by atoms with van der Waals surface area (Å²) in [4.78, 5) is 3.91. The standard InChI is InChI=1S/C9H12ClFN2/c1-9(2,3)7-6(12)4-5(11)8(10)13-7/h4H,12H2,1-3H3. The van der Waals surface area contributed by atoms with Crippen LogP contribution in [0, 0.1) is 5.82 Å². The molecule has 2 N–H and O–H groups in total. The molecule has 0 unspecified atom stereocenters. The minimum atomic E-state index is -0.577. The Bertz CT molecular complexity index is 331. The number of rotatable bonds is 0. The van der Waals surface area contributed by atoms with E-state index < -0.39 is 5.82 Å². The van der Waals surface area contributed by atoms with E-state index in [0.717, 1.165) is 0 Å². The molecule has 0 bridgehead atoms. The van der Waals surface area contributed by atoms with Gasteiger partial charge in [-0.15, -0.1) is 0 Å². The molecule has 0 amide bonds. The number of anilines is 1. The molecule has 1 rings (SSSR count). The highest BCUT2D eigenvalue weighted by atomic mass is 35.5. The molecule has 1 aromatic rings. The van der Waals surface area contributed by atoms with Crippen LogP contribution in [0.25, 0.3) is 0 Å². The Morgan fingerprint density at radius 2 is 2.00 bits per heavy atom. The fraction of sp³-hybridized carbons (Fsp3) is 0.444. The van der Waals surface area contributed by atoms with Gasteiger partial charge in [0.1, 0.15) is 0 Å². The molecule has 0 aromatic carbocycles. The molecule has 0 saturated heterocycles. The smallest absolute Gasteiger partial charge is 0.165 e. The number of nitrogens with two attached hydrogens (primary N) is 1. The highest BCUT2D eigenvalue weighted by molar-refractivity contribution is 6.29. The van der Waals surface area contributed by atoms with Crippen molar-refractivity contribution in [3.05, 3.63) is 22.7 Å². The Morgan fingerprint density at radius 3 is 2.46 bits per heavy atom. The first-order chi connectivity index (χ1) is 5.82. The third-order valence-corrected chi connectivity index (χ3v) is 1.94. The summed E-state index contributed by atoms with van der Waals surface area (Å²) in [6.45, 7) is 5.83. The Labute approximate surface area is 81.9 Å². The van der Waals surface area contributed by atoms with Crippen LogP contribution in [0.2, 0.25) is 5.15 Å². The SMILES string of the molecule is CC(C)(C)c1nc(Cl)c(F)cc1N. The van der Waals surface area contributed by atoms with E-state index >= 15 is 0 Å². The molecular formula is C9H12ClFN2. The van der Waals surface area contributed by atoms with Crippen molar-refractivity contribution in [2.24, 2.45) is 0 Å². The maximum absolute atomic E-state index is 12.9. The molecule has 1 aromatic heterocycles. The monoisotopic (exact) mass is 202 g/mol. The van der Waals surface area contributed by atoms with Gasteiger partial charge in [0.2, 0.25) is 0 Å². The van der Waals surface area contributed by atoms with Crippen molar-refractivity contribution in [3.8, 4) is 0 Å². The van der Waals surface area contributed by atoms with Crippen molar-refractivity contribution in [3.63, 3.8) is 0 Å². The Kier molecular flexibility index (Phi) is 2.48. The van der Waals surface area contributed by atoms with E-state index in [2.05, 4.69) is 4.98 Å². The largest absolute Gasteiger partial charge is 0.397 e. The number of nitrogens with zero attached hydrogens (tertiary/aromatic N) is 1. The number of pyridine rings is 1. The fourth-order valence-corrected chi connectivity index (χ4v) is 1.22. The van der Waals surface area contributed by atoms with Crippen molar-refractivity contribution in [2.45, 2.75) is 26.2 Å². The predicted octanol–water partition coefficient (Wildman–Crippen LogP) is 2.75. The van der Waals surface area contributed by atoms with Gasteiger partial charge in [0.05, 0.1) is 11.4 Å². The second-order valence-corrected chi connectivity index (χ2v) is 4.31. The average molecular weight is 203 g/mol. The molecular weight excluding hydrogens is 191 g/mol. The van der Waals surface area contributed by atoms with E-state index in [1.807, 2.05) is 20.8 Å². The Hall–Kier alpha value is -0.830. The third kappa shape index (κ3) is 2.10. The van der Waals surface area contributed by atoms with Crippen LogP contribution in [0.5, 0.6) is 0 Å². The highest BCUT2D eigenvalue weighted by Crippen LogP contribution is 2.28. The lowest BCUT2D eigenvalue weighted by atomic mass is 9.90. The molecule has 0 aliphatic rings. The zero-order valence-electron chi connectivity index (χ0n) is 7.86. The van der Waals surface area contributed by atoms with E-state index in [4.69, 9.17) is 17.3 Å². The van der Waals surface area contributed by atoms with E-state index in [9.17, 15) is 4.39 Å². The summed E-state index contributed by atoms with van der Waals surface area (Å²) in [5, 5.41) is -0.126. The normalized spacial score (nSPS) is 11.8. The van der Waals surface area contributed by atoms with Crippen LogP contribution < -0.4 is 5.73 Å². The molecule has 72 valence electrons. The summed E-state index contributed by atoms with van der Waals surface area (Å²) in [6.07, 6.45) is 0. The molecule has 0 fully saturated rings. The summed E-state index contributed by atoms with van der Waals surface area (Å²) in [6, 6.07) is 1.20. The van der Waals surface area contributed by atoms with E-state index in [1.165, 1.54) is 6.07 Å². The van der Waals surface area contributed by atoms with Crippen LogP contribution in [-0.2, 0) is 5.41 Å². The van der Waals surface area contributed by atoms with Crippen molar-refractivity contribution >= 4 is 17.3 Å².